The van der Waals surface area contributed by atoms with Gasteiger partial charge in [-0.3, -0.25) is 24.1 Å². The van der Waals surface area contributed by atoms with Crippen LogP contribution in [0.15, 0.2) is 11.3 Å². The number of fused-ring (bicyclic) bond motifs is 1. The summed E-state index contributed by atoms with van der Waals surface area (Å²) in [5.74, 6) is -4.17. The summed E-state index contributed by atoms with van der Waals surface area (Å²) >= 11 is 1.23. The minimum atomic E-state index is -1.56. The molecule has 4 N–H and O–H groups in total. The third-order valence-electron chi connectivity index (χ3n) is 4.24. The van der Waals surface area contributed by atoms with E-state index in [-0.39, 0.29) is 72.4 Å². The minimum absolute atomic E-state index is 0. The molecule has 2 aliphatic rings. The summed E-state index contributed by atoms with van der Waals surface area (Å²) < 4.78 is 4.82. The van der Waals surface area contributed by atoms with Crippen molar-refractivity contribution in [1.82, 2.24) is 10.2 Å². The Labute approximate surface area is 192 Å². The van der Waals surface area contributed by atoms with Crippen molar-refractivity contribution in [2.75, 3.05) is 12.4 Å². The molecule has 0 spiro atoms. The average Bonchev–Trinajstić information content (AvgIpc) is 2.62. The SMILES string of the molecule is CC(=O)OCC1=C(C(=O)[O-])N2C(=O)C(NC(=O)CCCC(N)C(=O)O)[C@@H]2SC1.[Na+]. The number of hydrogen-bond acceptors (Lipinski definition) is 9. The van der Waals surface area contributed by atoms with Gasteiger partial charge in [0.1, 0.15) is 24.1 Å². The molecule has 2 heterocycles. The van der Waals surface area contributed by atoms with Gasteiger partial charge in [-0.15, -0.1) is 11.8 Å². The predicted molar refractivity (Wildman–Crippen MR) is 93.2 cm³/mol. The zero-order chi connectivity index (χ0) is 21.0. The van der Waals surface area contributed by atoms with Gasteiger partial charge in [0.15, 0.2) is 0 Å². The van der Waals surface area contributed by atoms with Crippen molar-refractivity contribution in [3.63, 3.8) is 0 Å². The largest absolute Gasteiger partial charge is 1.00 e. The van der Waals surface area contributed by atoms with Crippen LogP contribution in [0.4, 0.5) is 0 Å². The van der Waals surface area contributed by atoms with Gasteiger partial charge in [-0.05, 0) is 12.8 Å². The monoisotopic (exact) mass is 437 g/mol. The normalized spacial score (nSPS) is 21.3. The van der Waals surface area contributed by atoms with Crippen LogP contribution in [-0.2, 0) is 28.7 Å². The van der Waals surface area contributed by atoms with Gasteiger partial charge >= 0.3 is 41.5 Å². The minimum Gasteiger partial charge on any atom is -0.543 e. The number of ether oxygens (including phenoxy) is 1. The van der Waals surface area contributed by atoms with Gasteiger partial charge in [-0.1, -0.05) is 0 Å². The van der Waals surface area contributed by atoms with E-state index in [1.165, 1.54) is 18.7 Å². The molecule has 1 fully saturated rings. The summed E-state index contributed by atoms with van der Waals surface area (Å²) in [6, 6.07) is -1.95. The van der Waals surface area contributed by atoms with Gasteiger partial charge < -0.3 is 30.8 Å². The molecule has 2 amide bonds. The number of carboxylic acid groups (broad SMARTS) is 2. The summed E-state index contributed by atoms with van der Waals surface area (Å²) in [6.45, 7) is 0.921. The number of hydrogen-bond donors (Lipinski definition) is 3. The van der Waals surface area contributed by atoms with E-state index in [2.05, 4.69) is 5.32 Å². The van der Waals surface area contributed by atoms with Crippen molar-refractivity contribution < 1.29 is 68.5 Å². The van der Waals surface area contributed by atoms with Crippen LogP contribution in [0.1, 0.15) is 26.2 Å². The number of thioether (sulfide) groups is 1. The van der Waals surface area contributed by atoms with Crippen LogP contribution >= 0.6 is 11.8 Å². The van der Waals surface area contributed by atoms with Crippen molar-refractivity contribution in [3.05, 3.63) is 11.3 Å². The molecule has 0 aromatic carbocycles. The fraction of sp³-hybridized carbons (Fsp3) is 0.562. The quantitative estimate of drug-likeness (QED) is 0.179. The maximum atomic E-state index is 12.4. The van der Waals surface area contributed by atoms with Gasteiger partial charge in [0.25, 0.3) is 5.91 Å². The first-order valence-electron chi connectivity index (χ1n) is 8.42. The van der Waals surface area contributed by atoms with E-state index >= 15 is 0 Å². The number of carboxylic acids is 2. The first-order valence-corrected chi connectivity index (χ1v) is 9.47. The number of aliphatic carboxylic acids is 2. The van der Waals surface area contributed by atoms with E-state index in [9.17, 15) is 29.1 Å². The second-order valence-electron chi connectivity index (χ2n) is 6.31. The predicted octanol–water partition coefficient (Wildman–Crippen LogP) is -5.46. The smallest absolute Gasteiger partial charge is 0.543 e. The fourth-order valence-electron chi connectivity index (χ4n) is 2.82. The van der Waals surface area contributed by atoms with E-state index in [4.69, 9.17) is 15.6 Å². The second-order valence-corrected chi connectivity index (χ2v) is 7.42. The molecule has 2 aliphatic heterocycles. The molecule has 0 bridgehead atoms. The Bertz CT molecular complexity index is 744. The summed E-state index contributed by atoms with van der Waals surface area (Å²) in [7, 11) is 0. The molecule has 0 saturated carbocycles. The molecule has 2 rings (SSSR count). The maximum Gasteiger partial charge on any atom is 1.00 e. The molecular weight excluding hydrogens is 417 g/mol. The Morgan fingerprint density at radius 1 is 1.41 bits per heavy atom. The first-order chi connectivity index (χ1) is 13.1. The summed E-state index contributed by atoms with van der Waals surface area (Å²) in [4.78, 5) is 58.4. The molecule has 0 aromatic rings. The Morgan fingerprint density at radius 2 is 2.07 bits per heavy atom. The molecule has 1 saturated heterocycles. The van der Waals surface area contributed by atoms with E-state index in [1.807, 2.05) is 0 Å². The zero-order valence-corrected chi connectivity index (χ0v) is 18.8. The molecule has 2 unspecified atom stereocenters. The number of nitrogens with one attached hydrogen (secondary N) is 1. The maximum absolute atomic E-state index is 12.4. The Morgan fingerprint density at radius 3 is 2.62 bits per heavy atom. The number of esters is 1. The van der Waals surface area contributed by atoms with Gasteiger partial charge in [0.05, 0.1) is 11.7 Å². The summed E-state index contributed by atoms with van der Waals surface area (Å²) in [5.41, 5.74) is 5.26. The van der Waals surface area contributed by atoms with Gasteiger partial charge in [-0.2, -0.15) is 0 Å². The molecule has 11 nitrogen and oxygen atoms in total. The number of carbonyl (C=O) groups excluding carboxylic acids is 4. The van der Waals surface area contributed by atoms with Crippen LogP contribution in [0.5, 0.6) is 0 Å². The topological polar surface area (TPSA) is 179 Å². The second kappa shape index (κ2) is 11.0. The molecule has 0 aromatic heterocycles. The van der Waals surface area contributed by atoms with Crippen LogP contribution in [0, 0.1) is 0 Å². The molecule has 0 radical (unpaired) electrons. The summed E-state index contributed by atoms with van der Waals surface area (Å²) in [5, 5.41) is 22.1. The molecule has 3 atom stereocenters. The summed E-state index contributed by atoms with van der Waals surface area (Å²) in [6.07, 6.45) is 0.338. The van der Waals surface area contributed by atoms with Crippen molar-refractivity contribution in [3.8, 4) is 0 Å². The van der Waals surface area contributed by atoms with Crippen LogP contribution < -0.4 is 45.7 Å². The Balaban J connectivity index is 0.00000420. The number of nitrogens with two attached hydrogens (primary N) is 1. The standard InChI is InChI=1S/C16H21N3O8S.Na/c1-7(20)27-5-8-6-28-14-11(13(22)19(14)12(8)16(25)26)18-10(21)4-2-3-9(17)15(23)24;/h9,11,14H,2-6,17H2,1H3,(H,18,21)(H,23,24)(H,25,26);/q;+1/p-1/t9?,11?,14-;/m0./s1. The number of rotatable bonds is 9. The van der Waals surface area contributed by atoms with E-state index < -0.39 is 47.2 Å². The van der Waals surface area contributed by atoms with Gasteiger partial charge in [0.2, 0.25) is 5.91 Å². The number of amides is 2. The third kappa shape index (κ3) is 6.19. The number of β-lactam (4-membered cyclic amide) rings is 1. The van der Waals surface area contributed by atoms with Crippen molar-refractivity contribution in [2.24, 2.45) is 5.73 Å². The zero-order valence-electron chi connectivity index (χ0n) is 16.0. The number of carbonyl (C=O) groups is 5. The molecule has 13 heteroatoms. The molecular formula is C16H20N3NaO8S. The van der Waals surface area contributed by atoms with Crippen molar-refractivity contribution in [2.45, 2.75) is 43.6 Å². The van der Waals surface area contributed by atoms with Crippen LogP contribution in [-0.4, -0.2) is 69.5 Å². The fourth-order valence-corrected chi connectivity index (χ4v) is 4.15. The average molecular weight is 437 g/mol. The molecule has 29 heavy (non-hydrogen) atoms. The van der Waals surface area contributed by atoms with Crippen LogP contribution in [0.3, 0.4) is 0 Å². The van der Waals surface area contributed by atoms with Crippen LogP contribution in [0.2, 0.25) is 0 Å². The molecule has 154 valence electrons. The third-order valence-corrected chi connectivity index (χ3v) is 5.58. The van der Waals surface area contributed by atoms with E-state index in [0.717, 1.165) is 4.90 Å². The van der Waals surface area contributed by atoms with E-state index in [0.29, 0.717) is 0 Å². The molecule has 0 aliphatic carbocycles. The van der Waals surface area contributed by atoms with Gasteiger partial charge in [0, 0.05) is 24.7 Å². The Hall–Kier alpha value is -1.60. The van der Waals surface area contributed by atoms with Crippen LogP contribution in [0.25, 0.3) is 0 Å². The number of nitrogens with zero attached hydrogens (tertiary/aromatic N) is 1. The Kier molecular flexibility index (Phi) is 9.62. The van der Waals surface area contributed by atoms with E-state index in [1.54, 1.807) is 0 Å². The van der Waals surface area contributed by atoms with Crippen molar-refractivity contribution in [1.29, 1.82) is 0 Å². The van der Waals surface area contributed by atoms with Gasteiger partial charge in [-0.25, -0.2) is 0 Å². The van der Waals surface area contributed by atoms with Crippen molar-refractivity contribution >= 4 is 41.5 Å². The first kappa shape index (κ1) is 25.4.